The molecule has 122 valence electrons. The summed E-state index contributed by atoms with van der Waals surface area (Å²) < 4.78 is 4.89. The van der Waals surface area contributed by atoms with Crippen LogP contribution in [0.25, 0.3) is 0 Å². The normalized spacial score (nSPS) is 17.5. The number of carbonyl (C=O) groups is 2. The molecule has 0 bridgehead atoms. The summed E-state index contributed by atoms with van der Waals surface area (Å²) in [6.45, 7) is 3.63. The number of carbonyl (C=O) groups excluding carboxylic acids is 1. The Morgan fingerprint density at radius 1 is 1.29 bits per heavy atom. The van der Waals surface area contributed by atoms with Gasteiger partial charge in [0.25, 0.3) is 0 Å². The number of nitrogens with one attached hydrogen (secondary N) is 1. The smallest absolute Gasteiger partial charge is 0.326 e. The number of piperazine rings is 1. The number of aliphatic hydroxyl groups is 1. The van der Waals surface area contributed by atoms with Crippen LogP contribution in [0, 0.1) is 0 Å². The van der Waals surface area contributed by atoms with Crippen molar-refractivity contribution >= 4 is 12.0 Å². The fraction of sp³-hybridized carbons (Fsp3) is 0.846. The van der Waals surface area contributed by atoms with Crippen LogP contribution in [-0.4, -0.2) is 91.1 Å². The van der Waals surface area contributed by atoms with Crippen LogP contribution in [0.5, 0.6) is 0 Å². The van der Waals surface area contributed by atoms with Crippen molar-refractivity contribution in [2.45, 2.75) is 18.9 Å². The summed E-state index contributed by atoms with van der Waals surface area (Å²) in [7, 11) is 1.56. The molecule has 1 unspecified atom stereocenters. The molecule has 0 aromatic carbocycles. The topological polar surface area (TPSA) is 102 Å². The van der Waals surface area contributed by atoms with Crippen LogP contribution >= 0.6 is 0 Å². The van der Waals surface area contributed by atoms with Crippen LogP contribution in [0.1, 0.15) is 12.8 Å². The average Bonchev–Trinajstić information content (AvgIpc) is 2.47. The largest absolute Gasteiger partial charge is 0.480 e. The second-order valence-corrected chi connectivity index (χ2v) is 5.03. The summed E-state index contributed by atoms with van der Waals surface area (Å²) in [6, 6.07) is -1.23. The highest BCUT2D eigenvalue weighted by Gasteiger charge is 2.25. The van der Waals surface area contributed by atoms with Gasteiger partial charge in [0.15, 0.2) is 0 Å². The van der Waals surface area contributed by atoms with Gasteiger partial charge in [0, 0.05) is 46.4 Å². The maximum Gasteiger partial charge on any atom is 0.326 e. The van der Waals surface area contributed by atoms with Crippen LogP contribution < -0.4 is 5.32 Å². The molecule has 21 heavy (non-hydrogen) atoms. The van der Waals surface area contributed by atoms with Crippen LogP contribution in [0.3, 0.4) is 0 Å². The minimum Gasteiger partial charge on any atom is -0.480 e. The summed E-state index contributed by atoms with van der Waals surface area (Å²) in [4.78, 5) is 26.9. The molecule has 0 aliphatic carbocycles. The number of hydrogen-bond acceptors (Lipinski definition) is 5. The fourth-order valence-electron chi connectivity index (χ4n) is 2.25. The van der Waals surface area contributed by atoms with Crippen LogP contribution in [-0.2, 0) is 9.53 Å². The summed E-state index contributed by atoms with van der Waals surface area (Å²) >= 11 is 0. The Kier molecular flexibility index (Phi) is 8.03. The average molecular weight is 303 g/mol. The Morgan fingerprint density at radius 3 is 2.48 bits per heavy atom. The number of rotatable bonds is 8. The molecule has 0 radical (unpaired) electrons. The Balaban J connectivity index is 2.38. The van der Waals surface area contributed by atoms with Gasteiger partial charge in [-0.2, -0.15) is 0 Å². The van der Waals surface area contributed by atoms with Crippen molar-refractivity contribution in [3.8, 4) is 0 Å². The molecular weight excluding hydrogens is 278 g/mol. The van der Waals surface area contributed by atoms with Gasteiger partial charge < -0.3 is 25.2 Å². The van der Waals surface area contributed by atoms with E-state index in [1.54, 1.807) is 12.0 Å². The van der Waals surface area contributed by atoms with Crippen molar-refractivity contribution < 1.29 is 24.5 Å². The monoisotopic (exact) mass is 303 g/mol. The predicted molar refractivity (Wildman–Crippen MR) is 76.2 cm³/mol. The first-order valence-corrected chi connectivity index (χ1v) is 7.19. The van der Waals surface area contributed by atoms with Crippen molar-refractivity contribution in [1.82, 2.24) is 15.1 Å². The minimum atomic E-state index is -1.03. The molecule has 8 nitrogen and oxygen atoms in total. The van der Waals surface area contributed by atoms with Crippen molar-refractivity contribution in [3.05, 3.63) is 0 Å². The molecule has 8 heteroatoms. The maximum absolute atomic E-state index is 12.1. The lowest BCUT2D eigenvalue weighted by molar-refractivity contribution is -0.139. The Labute approximate surface area is 124 Å². The summed E-state index contributed by atoms with van der Waals surface area (Å²) in [5.41, 5.74) is 0. The highest BCUT2D eigenvalue weighted by molar-refractivity contribution is 5.82. The van der Waals surface area contributed by atoms with Gasteiger partial charge in [-0.3, -0.25) is 4.90 Å². The second kappa shape index (κ2) is 9.54. The van der Waals surface area contributed by atoms with E-state index in [0.29, 0.717) is 52.2 Å². The summed E-state index contributed by atoms with van der Waals surface area (Å²) in [5.74, 6) is -1.03. The molecule has 1 saturated heterocycles. The van der Waals surface area contributed by atoms with Crippen LogP contribution in [0.15, 0.2) is 0 Å². The van der Waals surface area contributed by atoms with Gasteiger partial charge in [0.05, 0.1) is 6.61 Å². The minimum absolute atomic E-state index is 0.104. The number of carboxylic acid groups (broad SMARTS) is 1. The highest BCUT2D eigenvalue weighted by atomic mass is 16.5. The van der Waals surface area contributed by atoms with E-state index in [1.807, 2.05) is 0 Å². The standard InChI is InChI=1S/C13H25N3O5/c1-21-10-2-3-11(12(18)19)14-13(20)16-6-4-15(5-7-16)8-9-17/h11,17H,2-10H2,1H3,(H,14,20)(H,18,19). The number of methoxy groups -OCH3 is 1. The molecule has 1 heterocycles. The number of urea groups is 1. The first kappa shape index (κ1) is 17.7. The van der Waals surface area contributed by atoms with Gasteiger partial charge in [-0.05, 0) is 12.8 Å². The summed E-state index contributed by atoms with van der Waals surface area (Å²) in [5, 5.41) is 20.5. The number of carboxylic acids is 1. The fourth-order valence-corrected chi connectivity index (χ4v) is 2.25. The lowest BCUT2D eigenvalue weighted by Crippen LogP contribution is -2.54. The van der Waals surface area contributed by atoms with Crippen molar-refractivity contribution in [2.24, 2.45) is 0 Å². The SMILES string of the molecule is COCCCC(NC(=O)N1CCN(CCO)CC1)C(=O)O. The van der Waals surface area contributed by atoms with E-state index in [-0.39, 0.29) is 12.6 Å². The van der Waals surface area contributed by atoms with E-state index >= 15 is 0 Å². The van der Waals surface area contributed by atoms with E-state index < -0.39 is 12.0 Å². The van der Waals surface area contributed by atoms with Crippen molar-refractivity contribution in [3.63, 3.8) is 0 Å². The van der Waals surface area contributed by atoms with E-state index in [1.165, 1.54) is 0 Å². The molecule has 3 N–H and O–H groups in total. The Morgan fingerprint density at radius 2 is 1.95 bits per heavy atom. The molecule has 0 spiro atoms. The second-order valence-electron chi connectivity index (χ2n) is 5.03. The van der Waals surface area contributed by atoms with Crippen molar-refractivity contribution in [2.75, 3.05) is 53.0 Å². The molecule has 1 rings (SSSR count). The van der Waals surface area contributed by atoms with E-state index in [0.717, 1.165) is 0 Å². The molecule has 2 amide bonds. The highest BCUT2D eigenvalue weighted by Crippen LogP contribution is 2.04. The zero-order valence-electron chi connectivity index (χ0n) is 12.5. The lowest BCUT2D eigenvalue weighted by atomic mass is 10.1. The van der Waals surface area contributed by atoms with Gasteiger partial charge in [-0.15, -0.1) is 0 Å². The van der Waals surface area contributed by atoms with Crippen LogP contribution in [0.4, 0.5) is 4.79 Å². The predicted octanol–water partition coefficient (Wildman–Crippen LogP) is -0.814. The van der Waals surface area contributed by atoms with Crippen molar-refractivity contribution in [1.29, 1.82) is 0 Å². The Bertz CT molecular complexity index is 332. The van der Waals surface area contributed by atoms with Gasteiger partial charge in [0.2, 0.25) is 0 Å². The molecule has 0 aromatic heterocycles. The van der Waals surface area contributed by atoms with Gasteiger partial charge in [-0.25, -0.2) is 9.59 Å². The van der Waals surface area contributed by atoms with Crippen LogP contribution in [0.2, 0.25) is 0 Å². The molecule has 0 aromatic rings. The number of ether oxygens (including phenoxy) is 1. The number of β-amino-alcohol motifs (C(OH)–C–C–N with tert-alkyl or cyclic N) is 1. The number of nitrogens with zero attached hydrogens (tertiary/aromatic N) is 2. The first-order chi connectivity index (χ1) is 10.1. The maximum atomic E-state index is 12.1. The molecule has 0 saturated carbocycles. The number of aliphatic hydroxyl groups excluding tert-OH is 1. The van der Waals surface area contributed by atoms with E-state index in [9.17, 15) is 9.59 Å². The summed E-state index contributed by atoms with van der Waals surface area (Å²) in [6.07, 6.45) is 0.928. The number of aliphatic carboxylic acids is 1. The quantitative estimate of drug-likeness (QED) is 0.507. The third kappa shape index (κ3) is 6.28. The molecule has 1 aliphatic rings. The number of amides is 2. The number of hydrogen-bond donors (Lipinski definition) is 3. The molecule has 1 atom stereocenters. The zero-order valence-corrected chi connectivity index (χ0v) is 12.5. The lowest BCUT2D eigenvalue weighted by Gasteiger charge is -2.34. The van der Waals surface area contributed by atoms with E-state index in [4.69, 9.17) is 14.9 Å². The van der Waals surface area contributed by atoms with Gasteiger partial charge in [0.1, 0.15) is 6.04 Å². The molecular formula is C13H25N3O5. The molecule has 1 aliphatic heterocycles. The molecule has 1 fully saturated rings. The van der Waals surface area contributed by atoms with Gasteiger partial charge in [-0.1, -0.05) is 0 Å². The van der Waals surface area contributed by atoms with Gasteiger partial charge >= 0.3 is 12.0 Å². The zero-order chi connectivity index (χ0) is 15.7. The third-order valence-electron chi connectivity index (χ3n) is 3.51. The third-order valence-corrected chi connectivity index (χ3v) is 3.51. The first-order valence-electron chi connectivity index (χ1n) is 7.19. The van der Waals surface area contributed by atoms with E-state index in [2.05, 4.69) is 10.2 Å². The Hall–Kier alpha value is -1.38.